The van der Waals surface area contributed by atoms with Crippen LogP contribution in [0.5, 0.6) is 0 Å². The van der Waals surface area contributed by atoms with Crippen molar-refractivity contribution in [1.82, 2.24) is 9.55 Å². The second kappa shape index (κ2) is 6.20. The highest BCUT2D eigenvalue weighted by molar-refractivity contribution is 6.42. The standard InChI is InChI=1S/C16H18Cl2N2O/c1-16(2,3)12(15(21)20-7-6-19-10-20)8-11-4-5-13(17)14(18)9-11/h4-7,9-10,12H,8H2,1-3H3. The second-order valence-electron chi connectivity index (χ2n) is 6.18. The molecule has 1 unspecified atom stereocenters. The summed E-state index contributed by atoms with van der Waals surface area (Å²) in [5, 5.41) is 1.03. The average Bonchev–Trinajstić information content (AvgIpc) is 2.92. The summed E-state index contributed by atoms with van der Waals surface area (Å²) >= 11 is 12.0. The first-order chi connectivity index (χ1) is 9.79. The second-order valence-corrected chi connectivity index (χ2v) is 6.99. The van der Waals surface area contributed by atoms with Crippen molar-refractivity contribution in [1.29, 1.82) is 0 Å². The molecule has 1 aromatic carbocycles. The van der Waals surface area contributed by atoms with E-state index < -0.39 is 0 Å². The molecular formula is C16H18Cl2N2O. The van der Waals surface area contributed by atoms with Gasteiger partial charge in [0, 0.05) is 18.3 Å². The summed E-state index contributed by atoms with van der Waals surface area (Å²) < 4.78 is 1.54. The minimum Gasteiger partial charge on any atom is -0.276 e. The van der Waals surface area contributed by atoms with Crippen LogP contribution in [0.2, 0.25) is 10.0 Å². The maximum atomic E-state index is 12.7. The Morgan fingerprint density at radius 1 is 1.29 bits per heavy atom. The minimum absolute atomic E-state index is 0.0334. The third kappa shape index (κ3) is 3.86. The number of carbonyl (C=O) groups is 1. The Balaban J connectivity index is 2.29. The van der Waals surface area contributed by atoms with Gasteiger partial charge >= 0.3 is 0 Å². The zero-order valence-corrected chi connectivity index (χ0v) is 13.8. The van der Waals surface area contributed by atoms with E-state index in [0.29, 0.717) is 16.5 Å². The smallest absolute Gasteiger partial charge is 0.235 e. The van der Waals surface area contributed by atoms with Crippen LogP contribution < -0.4 is 0 Å². The summed E-state index contributed by atoms with van der Waals surface area (Å²) in [7, 11) is 0. The van der Waals surface area contributed by atoms with Gasteiger partial charge in [-0.3, -0.25) is 9.36 Å². The zero-order valence-electron chi connectivity index (χ0n) is 12.3. The van der Waals surface area contributed by atoms with E-state index in [4.69, 9.17) is 23.2 Å². The maximum absolute atomic E-state index is 12.7. The molecule has 1 atom stereocenters. The number of nitrogens with zero attached hydrogens (tertiary/aromatic N) is 2. The predicted octanol–water partition coefficient (Wildman–Crippen LogP) is 4.74. The first-order valence-corrected chi connectivity index (χ1v) is 7.50. The molecule has 2 aromatic rings. The van der Waals surface area contributed by atoms with Crippen LogP contribution >= 0.6 is 23.2 Å². The Bertz CT molecular complexity index is 630. The highest BCUT2D eigenvalue weighted by atomic mass is 35.5. The van der Waals surface area contributed by atoms with Crippen molar-refractivity contribution < 1.29 is 4.79 Å². The molecule has 0 spiro atoms. The minimum atomic E-state index is -0.177. The summed E-state index contributed by atoms with van der Waals surface area (Å²) in [6.07, 6.45) is 5.43. The predicted molar refractivity (Wildman–Crippen MR) is 86.0 cm³/mol. The Hall–Kier alpha value is -1.32. The molecule has 0 saturated carbocycles. The molecule has 3 nitrogen and oxygen atoms in total. The lowest BCUT2D eigenvalue weighted by molar-refractivity contribution is 0.0724. The Morgan fingerprint density at radius 2 is 2.00 bits per heavy atom. The molecule has 0 aliphatic carbocycles. The van der Waals surface area contributed by atoms with Crippen molar-refractivity contribution in [3.05, 3.63) is 52.5 Å². The first kappa shape index (κ1) is 16.1. The Morgan fingerprint density at radius 3 is 2.52 bits per heavy atom. The molecule has 0 fully saturated rings. The van der Waals surface area contributed by atoms with Gasteiger partial charge in [-0.05, 0) is 29.5 Å². The van der Waals surface area contributed by atoms with Crippen molar-refractivity contribution in [2.75, 3.05) is 0 Å². The Kier molecular flexibility index (Phi) is 4.74. The number of rotatable bonds is 3. The van der Waals surface area contributed by atoms with Gasteiger partial charge in [-0.2, -0.15) is 0 Å². The summed E-state index contributed by atoms with van der Waals surface area (Å²) in [5.41, 5.74) is 0.825. The molecule has 1 aromatic heterocycles. The summed E-state index contributed by atoms with van der Waals surface area (Å²) in [6, 6.07) is 5.50. The first-order valence-electron chi connectivity index (χ1n) is 6.75. The topological polar surface area (TPSA) is 34.9 Å². The van der Waals surface area contributed by atoms with Crippen LogP contribution in [0.25, 0.3) is 0 Å². The molecule has 5 heteroatoms. The van der Waals surface area contributed by atoms with Crippen LogP contribution in [-0.2, 0) is 6.42 Å². The van der Waals surface area contributed by atoms with Gasteiger partial charge in [0.25, 0.3) is 0 Å². The van der Waals surface area contributed by atoms with E-state index in [-0.39, 0.29) is 17.2 Å². The quantitative estimate of drug-likeness (QED) is 0.817. The number of halogens is 2. The van der Waals surface area contributed by atoms with Gasteiger partial charge in [0.15, 0.2) is 0 Å². The van der Waals surface area contributed by atoms with E-state index in [1.807, 2.05) is 12.1 Å². The fraction of sp³-hybridized carbons (Fsp3) is 0.375. The SMILES string of the molecule is CC(C)(C)C(Cc1ccc(Cl)c(Cl)c1)C(=O)n1ccnc1. The van der Waals surface area contributed by atoms with E-state index in [0.717, 1.165) is 5.56 Å². The largest absolute Gasteiger partial charge is 0.276 e. The number of hydrogen-bond acceptors (Lipinski definition) is 2. The summed E-state index contributed by atoms with van der Waals surface area (Å²) in [5.74, 6) is -0.144. The molecule has 2 rings (SSSR count). The third-order valence-corrected chi connectivity index (χ3v) is 4.27. The molecule has 0 aliphatic rings. The molecule has 0 radical (unpaired) electrons. The number of carbonyl (C=O) groups excluding carboxylic acids is 1. The molecule has 0 aliphatic heterocycles. The van der Waals surface area contributed by atoms with Gasteiger partial charge in [0.05, 0.1) is 10.0 Å². The molecule has 1 heterocycles. The van der Waals surface area contributed by atoms with E-state index in [2.05, 4.69) is 25.8 Å². The average molecular weight is 325 g/mol. The van der Waals surface area contributed by atoms with Crippen LogP contribution in [0.15, 0.2) is 36.9 Å². The highest BCUT2D eigenvalue weighted by Crippen LogP contribution is 2.32. The van der Waals surface area contributed by atoms with Crippen molar-refractivity contribution in [3.63, 3.8) is 0 Å². The van der Waals surface area contributed by atoms with Gasteiger partial charge < -0.3 is 0 Å². The van der Waals surface area contributed by atoms with Gasteiger partial charge in [-0.15, -0.1) is 0 Å². The van der Waals surface area contributed by atoms with Crippen molar-refractivity contribution >= 4 is 29.1 Å². The molecular weight excluding hydrogens is 307 g/mol. The van der Waals surface area contributed by atoms with E-state index >= 15 is 0 Å². The number of imidazole rings is 1. The van der Waals surface area contributed by atoms with Gasteiger partial charge in [-0.25, -0.2) is 4.98 Å². The molecule has 0 amide bonds. The molecule has 0 N–H and O–H groups in total. The van der Waals surface area contributed by atoms with Crippen molar-refractivity contribution in [3.8, 4) is 0 Å². The van der Waals surface area contributed by atoms with Gasteiger partial charge in [-0.1, -0.05) is 50.0 Å². The van der Waals surface area contributed by atoms with Crippen LogP contribution in [0, 0.1) is 11.3 Å². The van der Waals surface area contributed by atoms with E-state index in [1.54, 1.807) is 18.5 Å². The zero-order chi connectivity index (χ0) is 15.6. The van der Waals surface area contributed by atoms with Crippen molar-refractivity contribution in [2.24, 2.45) is 11.3 Å². The van der Waals surface area contributed by atoms with Crippen LogP contribution in [-0.4, -0.2) is 15.5 Å². The summed E-state index contributed by atoms with van der Waals surface area (Å²) in [4.78, 5) is 16.6. The normalized spacial score (nSPS) is 13.2. The fourth-order valence-corrected chi connectivity index (χ4v) is 2.56. The third-order valence-electron chi connectivity index (χ3n) is 3.53. The maximum Gasteiger partial charge on any atom is 0.235 e. The van der Waals surface area contributed by atoms with Crippen molar-refractivity contribution in [2.45, 2.75) is 27.2 Å². The van der Waals surface area contributed by atoms with Crippen LogP contribution in [0.3, 0.4) is 0 Å². The van der Waals surface area contributed by atoms with Crippen LogP contribution in [0.1, 0.15) is 31.1 Å². The monoisotopic (exact) mass is 324 g/mol. The molecule has 0 bridgehead atoms. The lowest BCUT2D eigenvalue weighted by Crippen LogP contribution is -2.33. The fourth-order valence-electron chi connectivity index (χ4n) is 2.24. The Labute approximate surface area is 134 Å². The number of hydrogen-bond donors (Lipinski definition) is 0. The molecule has 112 valence electrons. The van der Waals surface area contributed by atoms with Gasteiger partial charge in [0.1, 0.15) is 6.33 Å². The summed E-state index contributed by atoms with van der Waals surface area (Å²) in [6.45, 7) is 6.18. The lowest BCUT2D eigenvalue weighted by atomic mass is 9.76. The number of aromatic nitrogens is 2. The number of benzene rings is 1. The van der Waals surface area contributed by atoms with E-state index in [1.165, 1.54) is 10.9 Å². The van der Waals surface area contributed by atoms with E-state index in [9.17, 15) is 4.79 Å². The highest BCUT2D eigenvalue weighted by Gasteiger charge is 2.32. The molecule has 21 heavy (non-hydrogen) atoms. The lowest BCUT2D eigenvalue weighted by Gasteiger charge is -2.29. The molecule has 0 saturated heterocycles. The van der Waals surface area contributed by atoms with Gasteiger partial charge in [0.2, 0.25) is 5.91 Å². The van der Waals surface area contributed by atoms with Crippen LogP contribution in [0.4, 0.5) is 0 Å².